The molecule has 1 fully saturated rings. The molecule has 0 saturated heterocycles. The summed E-state index contributed by atoms with van der Waals surface area (Å²) in [5.41, 5.74) is 4.26. The fraction of sp³-hybridized carbons (Fsp3) is 0.929. The van der Waals surface area contributed by atoms with Gasteiger partial charge < -0.3 is 10.5 Å². The van der Waals surface area contributed by atoms with E-state index in [-0.39, 0.29) is 1.43 Å². The maximum atomic E-state index is 10.0. The van der Waals surface area contributed by atoms with Crippen LogP contribution in [0.1, 0.15) is 68.1 Å². The summed E-state index contributed by atoms with van der Waals surface area (Å²) in [6, 6.07) is 0. The van der Waals surface area contributed by atoms with Crippen molar-refractivity contribution in [2.45, 2.75) is 72.3 Å². The number of primary amides is 1. The van der Waals surface area contributed by atoms with Crippen LogP contribution >= 0.6 is 0 Å². The number of carbonyl (C=O) groups is 1. The summed E-state index contributed by atoms with van der Waals surface area (Å²) in [7, 11) is 0. The van der Waals surface area contributed by atoms with E-state index in [0.717, 1.165) is 11.8 Å². The highest BCUT2D eigenvalue weighted by atomic mass is 16.6. The number of nitrogens with two attached hydrogens (primary N) is 1. The number of hydrogen-bond acceptors (Lipinski definition) is 2. The standard InChI is InChI=1S/C9H18.C5H11NO2.H2/c1-8(2)9-6-4-3-5-7-9;1-5(2,3)8-4(6)7;/h8-9H,3-7H2,1-2H3;1-3H3,(H2,6,7);1H. The molecule has 1 amide bonds. The van der Waals surface area contributed by atoms with Crippen molar-refractivity contribution in [1.82, 2.24) is 0 Å². The lowest BCUT2D eigenvalue weighted by atomic mass is 9.82. The average molecular weight is 245 g/mol. The van der Waals surface area contributed by atoms with Crippen LogP contribution in [0.2, 0.25) is 0 Å². The number of ether oxygens (including phenoxy) is 1. The zero-order valence-corrected chi connectivity index (χ0v) is 12.1. The van der Waals surface area contributed by atoms with Crippen molar-refractivity contribution < 1.29 is 11.0 Å². The number of carbonyl (C=O) groups excluding carboxylic acids is 1. The van der Waals surface area contributed by atoms with Gasteiger partial charge in [0.2, 0.25) is 0 Å². The summed E-state index contributed by atoms with van der Waals surface area (Å²) in [5, 5.41) is 0. The first-order chi connectivity index (χ1) is 7.72. The highest BCUT2D eigenvalue weighted by Gasteiger charge is 2.15. The molecule has 0 bridgehead atoms. The number of hydrogen-bond donors (Lipinski definition) is 1. The van der Waals surface area contributed by atoms with E-state index in [1.54, 1.807) is 20.8 Å². The smallest absolute Gasteiger partial charge is 0.405 e. The van der Waals surface area contributed by atoms with Gasteiger partial charge in [-0.15, -0.1) is 0 Å². The predicted octanol–water partition coefficient (Wildman–Crippen LogP) is 4.35. The molecular formula is C14H31NO2. The van der Waals surface area contributed by atoms with Gasteiger partial charge in [0.1, 0.15) is 5.60 Å². The van der Waals surface area contributed by atoms with Crippen LogP contribution in [0.5, 0.6) is 0 Å². The SMILES string of the molecule is CC(C)(C)OC(N)=O.CC(C)C1CCCCC1.[HH]. The second kappa shape index (κ2) is 7.57. The Labute approximate surface area is 108 Å². The molecule has 3 nitrogen and oxygen atoms in total. The van der Waals surface area contributed by atoms with Crippen LogP contribution in [0, 0.1) is 11.8 Å². The van der Waals surface area contributed by atoms with Gasteiger partial charge in [-0.2, -0.15) is 0 Å². The van der Waals surface area contributed by atoms with Gasteiger partial charge in [0, 0.05) is 1.43 Å². The van der Waals surface area contributed by atoms with E-state index in [1.165, 1.54) is 32.1 Å². The zero-order chi connectivity index (χ0) is 13.5. The Morgan fingerprint density at radius 2 is 1.71 bits per heavy atom. The maximum absolute atomic E-state index is 10.0. The molecule has 0 radical (unpaired) electrons. The molecule has 104 valence electrons. The second-order valence-electron chi connectivity index (χ2n) is 6.18. The van der Waals surface area contributed by atoms with Crippen molar-refractivity contribution in [3.63, 3.8) is 0 Å². The summed E-state index contributed by atoms with van der Waals surface area (Å²) in [5.74, 6) is 1.99. The van der Waals surface area contributed by atoms with Gasteiger partial charge in [0.05, 0.1) is 0 Å². The van der Waals surface area contributed by atoms with Gasteiger partial charge in [-0.3, -0.25) is 0 Å². The van der Waals surface area contributed by atoms with Gasteiger partial charge in [0.15, 0.2) is 0 Å². The van der Waals surface area contributed by atoms with Gasteiger partial charge in [-0.05, 0) is 32.6 Å². The lowest BCUT2D eigenvalue weighted by Crippen LogP contribution is -2.27. The molecule has 0 spiro atoms. The normalized spacial score (nSPS) is 17.3. The Morgan fingerprint density at radius 3 is 1.88 bits per heavy atom. The molecular weight excluding hydrogens is 214 g/mol. The topological polar surface area (TPSA) is 52.3 Å². The molecule has 0 unspecified atom stereocenters. The molecule has 0 aromatic heterocycles. The lowest BCUT2D eigenvalue weighted by molar-refractivity contribution is 0.0600. The van der Waals surface area contributed by atoms with E-state index in [1.807, 2.05) is 0 Å². The first-order valence-electron chi connectivity index (χ1n) is 6.71. The Kier molecular flexibility index (Phi) is 7.24. The molecule has 1 aliphatic rings. The molecule has 1 saturated carbocycles. The summed E-state index contributed by atoms with van der Waals surface area (Å²) in [4.78, 5) is 10.0. The van der Waals surface area contributed by atoms with E-state index in [9.17, 15) is 4.79 Å². The minimum atomic E-state index is -0.725. The molecule has 17 heavy (non-hydrogen) atoms. The van der Waals surface area contributed by atoms with Crippen molar-refractivity contribution >= 4 is 6.09 Å². The summed E-state index contributed by atoms with van der Waals surface area (Å²) in [6.07, 6.45) is 6.74. The van der Waals surface area contributed by atoms with Crippen molar-refractivity contribution in [1.29, 1.82) is 0 Å². The Bertz CT molecular complexity index is 218. The largest absolute Gasteiger partial charge is 0.444 e. The van der Waals surface area contributed by atoms with Crippen LogP contribution in [-0.4, -0.2) is 11.7 Å². The highest BCUT2D eigenvalue weighted by molar-refractivity contribution is 5.65. The molecule has 0 heterocycles. The lowest BCUT2D eigenvalue weighted by Gasteiger charge is -2.24. The third-order valence-corrected chi connectivity index (χ3v) is 3.00. The maximum Gasteiger partial charge on any atom is 0.405 e. The fourth-order valence-corrected chi connectivity index (χ4v) is 2.10. The van der Waals surface area contributed by atoms with Gasteiger partial charge in [0.25, 0.3) is 0 Å². The monoisotopic (exact) mass is 245 g/mol. The first-order valence-corrected chi connectivity index (χ1v) is 6.71. The summed E-state index contributed by atoms with van der Waals surface area (Å²) in [6.45, 7) is 10.00. The van der Waals surface area contributed by atoms with Crippen molar-refractivity contribution in [3.05, 3.63) is 0 Å². The van der Waals surface area contributed by atoms with Crippen molar-refractivity contribution in [2.75, 3.05) is 0 Å². The van der Waals surface area contributed by atoms with Crippen LogP contribution < -0.4 is 5.73 Å². The Hall–Kier alpha value is -0.730. The predicted molar refractivity (Wildman–Crippen MR) is 73.9 cm³/mol. The van der Waals surface area contributed by atoms with E-state index in [4.69, 9.17) is 5.73 Å². The molecule has 3 heteroatoms. The summed E-state index contributed by atoms with van der Waals surface area (Å²) < 4.78 is 4.58. The number of rotatable bonds is 1. The molecule has 0 aromatic carbocycles. The van der Waals surface area contributed by atoms with Crippen LogP contribution in [0.25, 0.3) is 0 Å². The van der Waals surface area contributed by atoms with Gasteiger partial charge >= 0.3 is 6.09 Å². The summed E-state index contributed by atoms with van der Waals surface area (Å²) >= 11 is 0. The molecule has 0 aromatic rings. The van der Waals surface area contributed by atoms with Crippen LogP contribution in [0.4, 0.5) is 4.79 Å². The molecule has 1 rings (SSSR count). The van der Waals surface area contributed by atoms with Crippen LogP contribution in [-0.2, 0) is 4.74 Å². The van der Waals surface area contributed by atoms with E-state index < -0.39 is 11.7 Å². The van der Waals surface area contributed by atoms with E-state index in [2.05, 4.69) is 18.6 Å². The second-order valence-corrected chi connectivity index (χ2v) is 6.18. The van der Waals surface area contributed by atoms with Gasteiger partial charge in [-0.25, -0.2) is 4.79 Å². The van der Waals surface area contributed by atoms with E-state index >= 15 is 0 Å². The Morgan fingerprint density at radius 1 is 1.24 bits per heavy atom. The highest BCUT2D eigenvalue weighted by Crippen LogP contribution is 2.29. The minimum Gasteiger partial charge on any atom is -0.444 e. The Balaban J connectivity index is 0. The van der Waals surface area contributed by atoms with E-state index in [0.29, 0.717) is 0 Å². The zero-order valence-electron chi connectivity index (χ0n) is 12.1. The van der Waals surface area contributed by atoms with Crippen LogP contribution in [0.3, 0.4) is 0 Å². The van der Waals surface area contributed by atoms with Gasteiger partial charge in [-0.1, -0.05) is 46.0 Å². The number of amides is 1. The van der Waals surface area contributed by atoms with Crippen LogP contribution in [0.15, 0.2) is 0 Å². The average Bonchev–Trinajstić information content (AvgIpc) is 2.16. The molecule has 0 aliphatic heterocycles. The molecule has 0 atom stereocenters. The third-order valence-electron chi connectivity index (χ3n) is 3.00. The van der Waals surface area contributed by atoms with Crippen molar-refractivity contribution in [3.8, 4) is 0 Å². The fourth-order valence-electron chi connectivity index (χ4n) is 2.10. The minimum absolute atomic E-state index is 0. The quantitative estimate of drug-likeness (QED) is 0.746. The third kappa shape index (κ3) is 10.2. The molecule has 2 N–H and O–H groups in total. The molecule has 1 aliphatic carbocycles. The van der Waals surface area contributed by atoms with Crippen molar-refractivity contribution in [2.24, 2.45) is 17.6 Å². The first kappa shape index (κ1) is 16.3.